The molecule has 80 valence electrons. The lowest BCUT2D eigenvalue weighted by Crippen LogP contribution is -2.25. The van der Waals surface area contributed by atoms with Crippen molar-refractivity contribution in [1.29, 1.82) is 0 Å². The van der Waals surface area contributed by atoms with Crippen molar-refractivity contribution in [3.8, 4) is 5.75 Å². The van der Waals surface area contributed by atoms with Crippen LogP contribution < -0.4 is 4.74 Å². The second kappa shape index (κ2) is 2.99. The molecule has 3 nitrogen and oxygen atoms in total. The third-order valence-electron chi connectivity index (χ3n) is 2.54. The molecule has 0 spiro atoms. The maximum Gasteiger partial charge on any atom is 0.339 e. The molecule has 0 amide bonds. The Morgan fingerprint density at radius 1 is 1.47 bits per heavy atom. The number of rotatable bonds is 1. The van der Waals surface area contributed by atoms with Crippen LogP contribution in [-0.4, -0.2) is 16.7 Å². The lowest BCUT2D eigenvalue weighted by atomic mass is 9.98. The van der Waals surface area contributed by atoms with Crippen LogP contribution in [0.2, 0.25) is 0 Å². The third kappa shape index (κ3) is 1.69. The zero-order chi connectivity index (χ0) is 11.2. The van der Waals surface area contributed by atoms with E-state index < -0.39 is 5.97 Å². The molecule has 0 saturated carbocycles. The van der Waals surface area contributed by atoms with Gasteiger partial charge in [-0.2, -0.15) is 0 Å². The minimum Gasteiger partial charge on any atom is -0.486 e. The number of benzene rings is 1. The second-order valence-corrected chi connectivity index (χ2v) is 4.64. The average Bonchev–Trinajstić information content (AvgIpc) is 2.36. The molecular weight excluding hydrogens is 192 g/mol. The first-order valence-electron chi connectivity index (χ1n) is 4.95. The molecule has 0 fully saturated rings. The zero-order valence-corrected chi connectivity index (χ0v) is 9.13. The second-order valence-electron chi connectivity index (χ2n) is 4.64. The number of aryl methyl sites for hydroxylation is 1. The van der Waals surface area contributed by atoms with Crippen molar-refractivity contribution >= 4 is 5.97 Å². The summed E-state index contributed by atoms with van der Waals surface area (Å²) in [4.78, 5) is 11.0. The summed E-state index contributed by atoms with van der Waals surface area (Å²) in [6.45, 7) is 5.83. The van der Waals surface area contributed by atoms with Crippen LogP contribution in [0.15, 0.2) is 12.1 Å². The molecule has 1 N–H and O–H groups in total. The third-order valence-corrected chi connectivity index (χ3v) is 2.54. The van der Waals surface area contributed by atoms with Crippen LogP contribution in [0.3, 0.4) is 0 Å². The molecule has 0 bridgehead atoms. The number of fused-ring (bicyclic) bond motifs is 1. The van der Waals surface area contributed by atoms with E-state index in [1.807, 2.05) is 26.8 Å². The van der Waals surface area contributed by atoms with Crippen LogP contribution in [0.1, 0.15) is 35.3 Å². The van der Waals surface area contributed by atoms with Gasteiger partial charge in [-0.05, 0) is 38.0 Å². The Hall–Kier alpha value is -1.51. The Balaban J connectivity index is 2.58. The van der Waals surface area contributed by atoms with E-state index in [0.717, 1.165) is 17.5 Å². The standard InChI is InChI=1S/C12H14O3/c1-7-4-8-6-12(2,3)15-10(8)9(5-7)11(13)14/h4-5H,6H2,1-3H3,(H,13,14). The SMILES string of the molecule is Cc1cc2c(c(C(=O)O)c1)OC(C)(C)C2. The predicted molar refractivity (Wildman–Crippen MR) is 56.5 cm³/mol. The predicted octanol–water partition coefficient (Wildman–Crippen LogP) is 2.41. The molecule has 1 aromatic rings. The van der Waals surface area contributed by atoms with Crippen molar-refractivity contribution in [2.24, 2.45) is 0 Å². The van der Waals surface area contributed by atoms with E-state index in [-0.39, 0.29) is 11.2 Å². The van der Waals surface area contributed by atoms with E-state index in [2.05, 4.69) is 0 Å². The Morgan fingerprint density at radius 3 is 2.73 bits per heavy atom. The maximum atomic E-state index is 11.0. The summed E-state index contributed by atoms with van der Waals surface area (Å²) < 4.78 is 5.66. The van der Waals surface area contributed by atoms with Crippen molar-refractivity contribution in [3.63, 3.8) is 0 Å². The minimum atomic E-state index is -0.923. The van der Waals surface area contributed by atoms with E-state index in [1.165, 1.54) is 0 Å². The Bertz CT molecular complexity index is 433. The number of hydrogen-bond donors (Lipinski definition) is 1. The number of aromatic carboxylic acids is 1. The van der Waals surface area contributed by atoms with Crippen molar-refractivity contribution in [3.05, 3.63) is 28.8 Å². The molecule has 0 unspecified atom stereocenters. The van der Waals surface area contributed by atoms with Gasteiger partial charge in [0.05, 0.1) is 0 Å². The molecule has 3 heteroatoms. The Labute approximate surface area is 88.7 Å². The first kappa shape index (κ1) is 10.0. The first-order chi connectivity index (χ1) is 6.89. The molecule has 0 saturated heterocycles. The largest absolute Gasteiger partial charge is 0.486 e. The molecule has 0 atom stereocenters. The van der Waals surface area contributed by atoms with Crippen LogP contribution in [0, 0.1) is 6.92 Å². The molecule has 1 aromatic carbocycles. The highest BCUT2D eigenvalue weighted by atomic mass is 16.5. The van der Waals surface area contributed by atoms with Gasteiger partial charge in [0, 0.05) is 6.42 Å². The Kier molecular flexibility index (Phi) is 2.00. The highest BCUT2D eigenvalue weighted by Crippen LogP contribution is 2.38. The van der Waals surface area contributed by atoms with Gasteiger partial charge in [0.1, 0.15) is 16.9 Å². The number of ether oxygens (including phenoxy) is 1. The summed E-state index contributed by atoms with van der Waals surface area (Å²) >= 11 is 0. The van der Waals surface area contributed by atoms with Crippen LogP contribution >= 0.6 is 0 Å². The fourth-order valence-corrected chi connectivity index (χ4v) is 2.03. The lowest BCUT2D eigenvalue weighted by molar-refractivity contribution is 0.0685. The van der Waals surface area contributed by atoms with E-state index in [9.17, 15) is 4.79 Å². The van der Waals surface area contributed by atoms with Gasteiger partial charge in [-0.15, -0.1) is 0 Å². The molecule has 1 aliphatic rings. The molecule has 0 radical (unpaired) electrons. The number of carbonyl (C=O) groups is 1. The Morgan fingerprint density at radius 2 is 2.13 bits per heavy atom. The van der Waals surface area contributed by atoms with Crippen molar-refractivity contribution < 1.29 is 14.6 Å². The number of carboxylic acids is 1. The zero-order valence-electron chi connectivity index (χ0n) is 9.13. The van der Waals surface area contributed by atoms with Crippen molar-refractivity contribution in [1.82, 2.24) is 0 Å². The fourth-order valence-electron chi connectivity index (χ4n) is 2.03. The highest BCUT2D eigenvalue weighted by molar-refractivity contribution is 5.92. The van der Waals surface area contributed by atoms with E-state index in [4.69, 9.17) is 9.84 Å². The van der Waals surface area contributed by atoms with Crippen LogP contribution in [0.5, 0.6) is 5.75 Å². The summed E-state index contributed by atoms with van der Waals surface area (Å²) in [7, 11) is 0. The molecule has 15 heavy (non-hydrogen) atoms. The lowest BCUT2D eigenvalue weighted by Gasteiger charge is -2.17. The molecule has 1 aliphatic heterocycles. The van der Waals surface area contributed by atoms with Gasteiger partial charge in [0.2, 0.25) is 0 Å². The molecular formula is C12H14O3. The smallest absolute Gasteiger partial charge is 0.339 e. The fraction of sp³-hybridized carbons (Fsp3) is 0.417. The summed E-state index contributed by atoms with van der Waals surface area (Å²) in [5, 5.41) is 9.06. The van der Waals surface area contributed by atoms with Crippen molar-refractivity contribution in [2.45, 2.75) is 32.8 Å². The maximum absolute atomic E-state index is 11.0. The molecule has 0 aromatic heterocycles. The number of carboxylic acid groups (broad SMARTS) is 1. The molecule has 0 aliphatic carbocycles. The summed E-state index contributed by atoms with van der Waals surface area (Å²) in [6, 6.07) is 3.65. The highest BCUT2D eigenvalue weighted by Gasteiger charge is 2.33. The first-order valence-corrected chi connectivity index (χ1v) is 4.95. The van der Waals surface area contributed by atoms with Crippen molar-refractivity contribution in [2.75, 3.05) is 0 Å². The van der Waals surface area contributed by atoms with Gasteiger partial charge in [0.15, 0.2) is 0 Å². The van der Waals surface area contributed by atoms with Gasteiger partial charge in [-0.25, -0.2) is 4.79 Å². The van der Waals surface area contributed by atoms with Crippen LogP contribution in [0.4, 0.5) is 0 Å². The quantitative estimate of drug-likeness (QED) is 0.767. The minimum absolute atomic E-state index is 0.274. The van der Waals surface area contributed by atoms with Crippen LogP contribution in [-0.2, 0) is 6.42 Å². The number of hydrogen-bond acceptors (Lipinski definition) is 2. The summed E-state index contributed by atoms with van der Waals surface area (Å²) in [5.74, 6) is -0.384. The summed E-state index contributed by atoms with van der Waals surface area (Å²) in [5.41, 5.74) is 1.95. The van der Waals surface area contributed by atoms with Crippen LogP contribution in [0.25, 0.3) is 0 Å². The van der Waals surface area contributed by atoms with Gasteiger partial charge in [0.25, 0.3) is 0 Å². The van der Waals surface area contributed by atoms with E-state index in [0.29, 0.717) is 5.75 Å². The monoisotopic (exact) mass is 206 g/mol. The van der Waals surface area contributed by atoms with E-state index >= 15 is 0 Å². The van der Waals surface area contributed by atoms with Gasteiger partial charge >= 0.3 is 5.97 Å². The molecule has 2 rings (SSSR count). The normalized spacial score (nSPS) is 17.0. The van der Waals surface area contributed by atoms with E-state index in [1.54, 1.807) is 6.07 Å². The summed E-state index contributed by atoms with van der Waals surface area (Å²) in [6.07, 6.45) is 0.768. The topological polar surface area (TPSA) is 46.5 Å². The van der Waals surface area contributed by atoms with Gasteiger partial charge in [-0.3, -0.25) is 0 Å². The average molecular weight is 206 g/mol. The van der Waals surface area contributed by atoms with Gasteiger partial charge in [-0.1, -0.05) is 6.07 Å². The molecule has 1 heterocycles. The van der Waals surface area contributed by atoms with Gasteiger partial charge < -0.3 is 9.84 Å².